The zero-order valence-electron chi connectivity index (χ0n) is 11.2. The number of nitrogens with zero attached hydrogens (tertiary/aromatic N) is 1. The molecule has 0 aliphatic carbocycles. The van der Waals surface area contributed by atoms with Crippen molar-refractivity contribution in [3.05, 3.63) is 35.4 Å². The van der Waals surface area contributed by atoms with Crippen LogP contribution in [0.4, 0.5) is 0 Å². The van der Waals surface area contributed by atoms with E-state index in [1.807, 2.05) is 13.8 Å². The first-order valence-corrected chi connectivity index (χ1v) is 6.16. The summed E-state index contributed by atoms with van der Waals surface area (Å²) in [5, 5.41) is 12.4. The number of aryl methyl sites for hydroxylation is 1. The Hall–Kier alpha value is -1.33. The highest BCUT2D eigenvalue weighted by Crippen LogP contribution is 2.19. The molecule has 0 saturated carbocycles. The Morgan fingerprint density at radius 1 is 1.41 bits per heavy atom. The highest BCUT2D eigenvalue weighted by Gasteiger charge is 2.16. The van der Waals surface area contributed by atoms with Gasteiger partial charge in [-0.25, -0.2) is 0 Å². The average Bonchev–Trinajstić information content (AvgIpc) is 2.28. The summed E-state index contributed by atoms with van der Waals surface area (Å²) >= 11 is 0. The number of rotatable bonds is 5. The zero-order chi connectivity index (χ0) is 12.9. The summed E-state index contributed by atoms with van der Waals surface area (Å²) in [7, 11) is 0. The number of hydrogen-bond donors (Lipinski definition) is 1. The Morgan fingerprint density at radius 2 is 2.12 bits per heavy atom. The van der Waals surface area contributed by atoms with E-state index < -0.39 is 0 Å². The quantitative estimate of drug-likeness (QED) is 0.839. The molecule has 1 rings (SSSR count). The van der Waals surface area contributed by atoms with Gasteiger partial charge in [0.05, 0.1) is 11.5 Å². The third kappa shape index (κ3) is 4.58. The second-order valence-electron chi connectivity index (χ2n) is 5.34. The van der Waals surface area contributed by atoms with Crippen molar-refractivity contribution in [2.24, 2.45) is 5.41 Å². The van der Waals surface area contributed by atoms with Crippen LogP contribution in [0.1, 0.15) is 44.4 Å². The van der Waals surface area contributed by atoms with Crippen molar-refractivity contribution in [2.45, 2.75) is 40.2 Å². The van der Waals surface area contributed by atoms with Crippen molar-refractivity contribution in [1.29, 1.82) is 5.26 Å². The summed E-state index contributed by atoms with van der Waals surface area (Å²) < 4.78 is 0. The molecule has 0 bridgehead atoms. The molecule has 0 saturated heterocycles. The standard InChI is InChI=1S/C15H22N2/c1-12-6-5-7-14(10-12)13(2)17-9-8-15(3,4)11-16/h5-7,10,13,17H,8-9H2,1-4H3/t13-/m0/s1. The van der Waals surface area contributed by atoms with Crippen molar-refractivity contribution in [3.63, 3.8) is 0 Å². The van der Waals surface area contributed by atoms with E-state index in [1.165, 1.54) is 11.1 Å². The van der Waals surface area contributed by atoms with Crippen LogP contribution < -0.4 is 5.32 Å². The monoisotopic (exact) mass is 230 g/mol. The fraction of sp³-hybridized carbons (Fsp3) is 0.533. The fourth-order valence-corrected chi connectivity index (χ4v) is 1.71. The molecule has 0 aliphatic rings. The SMILES string of the molecule is Cc1cccc([C@H](C)NCCC(C)(C)C#N)c1. The van der Waals surface area contributed by atoms with E-state index in [-0.39, 0.29) is 5.41 Å². The van der Waals surface area contributed by atoms with Crippen LogP contribution in [-0.4, -0.2) is 6.54 Å². The van der Waals surface area contributed by atoms with E-state index in [0.717, 1.165) is 13.0 Å². The Balaban J connectivity index is 2.46. The van der Waals surface area contributed by atoms with Crippen molar-refractivity contribution in [1.82, 2.24) is 5.32 Å². The third-order valence-corrected chi connectivity index (χ3v) is 3.05. The van der Waals surface area contributed by atoms with E-state index in [9.17, 15) is 0 Å². The summed E-state index contributed by atoms with van der Waals surface area (Å²) in [4.78, 5) is 0. The molecule has 0 aliphatic heterocycles. The highest BCUT2D eigenvalue weighted by atomic mass is 14.9. The molecule has 2 nitrogen and oxygen atoms in total. The normalized spacial score (nSPS) is 13.1. The van der Waals surface area contributed by atoms with Crippen LogP contribution in [0.25, 0.3) is 0 Å². The second-order valence-corrected chi connectivity index (χ2v) is 5.34. The highest BCUT2D eigenvalue weighted by molar-refractivity contribution is 5.24. The van der Waals surface area contributed by atoms with E-state index in [2.05, 4.69) is 49.5 Å². The van der Waals surface area contributed by atoms with Crippen LogP contribution in [0.2, 0.25) is 0 Å². The van der Waals surface area contributed by atoms with Gasteiger partial charge >= 0.3 is 0 Å². The Kier molecular flexibility index (Phi) is 4.72. The Morgan fingerprint density at radius 3 is 2.71 bits per heavy atom. The van der Waals surface area contributed by atoms with Crippen molar-refractivity contribution < 1.29 is 0 Å². The predicted molar refractivity (Wildman–Crippen MR) is 71.6 cm³/mol. The molecule has 0 heterocycles. The van der Waals surface area contributed by atoms with Gasteiger partial charge in [-0.2, -0.15) is 5.26 Å². The second kappa shape index (κ2) is 5.84. The average molecular weight is 230 g/mol. The summed E-state index contributed by atoms with van der Waals surface area (Å²) in [5.41, 5.74) is 2.35. The molecular weight excluding hydrogens is 208 g/mol. The van der Waals surface area contributed by atoms with Crippen LogP contribution in [0.5, 0.6) is 0 Å². The van der Waals surface area contributed by atoms with Gasteiger partial charge in [0.15, 0.2) is 0 Å². The minimum Gasteiger partial charge on any atom is -0.310 e. The molecule has 1 atom stereocenters. The predicted octanol–water partition coefficient (Wildman–Crippen LogP) is 3.59. The maximum Gasteiger partial charge on any atom is 0.0684 e. The maximum absolute atomic E-state index is 8.93. The maximum atomic E-state index is 8.93. The lowest BCUT2D eigenvalue weighted by Crippen LogP contribution is -2.24. The summed E-state index contributed by atoms with van der Waals surface area (Å²) in [6, 6.07) is 11.2. The molecule has 0 aromatic heterocycles. The molecule has 0 fully saturated rings. The van der Waals surface area contributed by atoms with Crippen LogP contribution >= 0.6 is 0 Å². The van der Waals surface area contributed by atoms with Gasteiger partial charge in [0, 0.05) is 6.04 Å². The van der Waals surface area contributed by atoms with Crippen molar-refractivity contribution in [3.8, 4) is 6.07 Å². The van der Waals surface area contributed by atoms with Crippen LogP contribution in [0, 0.1) is 23.7 Å². The molecule has 1 aromatic carbocycles. The van der Waals surface area contributed by atoms with Gasteiger partial charge in [-0.05, 0) is 46.2 Å². The van der Waals surface area contributed by atoms with E-state index in [4.69, 9.17) is 5.26 Å². The molecule has 0 radical (unpaired) electrons. The summed E-state index contributed by atoms with van der Waals surface area (Å²) in [6.07, 6.45) is 0.875. The number of nitriles is 1. The zero-order valence-corrected chi connectivity index (χ0v) is 11.2. The minimum atomic E-state index is -0.237. The first kappa shape index (κ1) is 13.7. The van der Waals surface area contributed by atoms with Crippen LogP contribution in [0.3, 0.4) is 0 Å². The lowest BCUT2D eigenvalue weighted by molar-refractivity contribution is 0.416. The first-order chi connectivity index (χ1) is 7.94. The van der Waals surface area contributed by atoms with Gasteiger partial charge in [0.25, 0.3) is 0 Å². The molecule has 1 aromatic rings. The van der Waals surface area contributed by atoms with Crippen LogP contribution in [-0.2, 0) is 0 Å². The number of benzene rings is 1. The molecule has 0 amide bonds. The number of nitrogens with one attached hydrogen (secondary N) is 1. The summed E-state index contributed by atoms with van der Waals surface area (Å²) in [5.74, 6) is 0. The Labute approximate surface area is 105 Å². The smallest absolute Gasteiger partial charge is 0.0684 e. The van der Waals surface area contributed by atoms with E-state index in [1.54, 1.807) is 0 Å². The largest absolute Gasteiger partial charge is 0.310 e. The van der Waals surface area contributed by atoms with Gasteiger partial charge in [0.2, 0.25) is 0 Å². The van der Waals surface area contributed by atoms with Gasteiger partial charge in [0.1, 0.15) is 0 Å². The van der Waals surface area contributed by atoms with Gasteiger partial charge < -0.3 is 5.32 Å². The topological polar surface area (TPSA) is 35.8 Å². The number of hydrogen-bond acceptors (Lipinski definition) is 2. The van der Waals surface area contributed by atoms with Gasteiger partial charge in [-0.15, -0.1) is 0 Å². The minimum absolute atomic E-state index is 0.237. The van der Waals surface area contributed by atoms with Crippen LogP contribution in [0.15, 0.2) is 24.3 Å². The first-order valence-electron chi connectivity index (χ1n) is 6.16. The van der Waals surface area contributed by atoms with Gasteiger partial charge in [-0.3, -0.25) is 0 Å². The molecule has 2 heteroatoms. The molecule has 92 valence electrons. The van der Waals surface area contributed by atoms with E-state index in [0.29, 0.717) is 6.04 Å². The van der Waals surface area contributed by atoms with Crippen molar-refractivity contribution >= 4 is 0 Å². The Bertz CT molecular complexity index is 402. The fourth-order valence-electron chi connectivity index (χ4n) is 1.71. The van der Waals surface area contributed by atoms with Gasteiger partial charge in [-0.1, -0.05) is 29.8 Å². The molecular formula is C15H22N2. The summed E-state index contributed by atoms with van der Waals surface area (Å²) in [6.45, 7) is 9.09. The molecule has 17 heavy (non-hydrogen) atoms. The van der Waals surface area contributed by atoms with E-state index >= 15 is 0 Å². The molecule has 0 unspecified atom stereocenters. The lowest BCUT2D eigenvalue weighted by atomic mass is 9.91. The third-order valence-electron chi connectivity index (χ3n) is 3.05. The van der Waals surface area contributed by atoms with Crippen molar-refractivity contribution in [2.75, 3.05) is 6.54 Å². The molecule has 0 spiro atoms. The lowest BCUT2D eigenvalue weighted by Gasteiger charge is -2.19. The molecule has 1 N–H and O–H groups in total.